The number of aromatic nitrogens is 3. The number of amides is 1. The number of ether oxygens (including phenoxy) is 1. The van der Waals surface area contributed by atoms with Crippen molar-refractivity contribution in [3.63, 3.8) is 0 Å². The minimum Gasteiger partial charge on any atom is -0.494 e. The maximum atomic E-state index is 12.9. The van der Waals surface area contributed by atoms with Crippen LogP contribution in [0.1, 0.15) is 18.9 Å². The zero-order valence-electron chi connectivity index (χ0n) is 26.0. The molecule has 0 bridgehead atoms. The number of carbonyl (C=O) groups is 1. The maximum Gasteiger partial charge on any atom is 0.248 e. The maximum absolute atomic E-state index is 12.9. The molecule has 43 heavy (non-hydrogen) atoms. The van der Waals surface area contributed by atoms with Crippen LogP contribution in [0, 0.1) is 0 Å². The third-order valence-electron chi connectivity index (χ3n) is 7.47. The molecular weight excluding hydrogens is 540 g/mol. The first-order chi connectivity index (χ1) is 20.7. The molecule has 0 radical (unpaired) electrons. The van der Waals surface area contributed by atoms with Gasteiger partial charge in [-0.15, -0.1) is 0 Å². The van der Waals surface area contributed by atoms with Crippen LogP contribution in [0.25, 0.3) is 22.2 Å². The second-order valence-electron chi connectivity index (χ2n) is 11.5. The highest BCUT2D eigenvalue weighted by atomic mass is 16.5. The van der Waals surface area contributed by atoms with E-state index in [1.54, 1.807) is 19.4 Å². The van der Waals surface area contributed by atoms with Crippen molar-refractivity contribution in [2.24, 2.45) is 0 Å². The van der Waals surface area contributed by atoms with E-state index in [1.807, 2.05) is 64.4 Å². The number of methoxy groups -OCH3 is 1. The molecule has 10 heteroatoms. The third kappa shape index (κ3) is 7.33. The number of para-hydroxylation sites is 1. The molecule has 1 aliphatic carbocycles. The minimum atomic E-state index is -0.203. The Kier molecular flexibility index (Phi) is 9.27. The normalized spacial score (nSPS) is 13.3. The average molecular weight is 583 g/mol. The first kappa shape index (κ1) is 30.1. The number of benzene rings is 2. The monoisotopic (exact) mass is 582 g/mol. The lowest BCUT2D eigenvalue weighted by Crippen LogP contribution is -2.29. The van der Waals surface area contributed by atoms with Gasteiger partial charge in [0.25, 0.3) is 0 Å². The van der Waals surface area contributed by atoms with Gasteiger partial charge in [-0.25, -0.2) is 9.97 Å². The Labute approximate surface area is 254 Å². The van der Waals surface area contributed by atoms with Crippen LogP contribution in [0.4, 0.5) is 23.0 Å². The van der Waals surface area contributed by atoms with Gasteiger partial charge >= 0.3 is 0 Å². The SMILES string of the molecule is COc1cc(N(C)CCN(C)C)c(NC(=O)/C=C/CN(C)C)cc1Nc1nccc(-c2cn(C3CC3)c3ccccc23)n1. The lowest BCUT2D eigenvalue weighted by molar-refractivity contribution is -0.111. The Morgan fingerprint density at radius 3 is 2.56 bits per heavy atom. The van der Waals surface area contributed by atoms with Crippen LogP contribution in [-0.2, 0) is 4.79 Å². The molecule has 226 valence electrons. The first-order valence-corrected chi connectivity index (χ1v) is 14.6. The molecule has 2 heterocycles. The molecule has 1 aliphatic rings. The Balaban J connectivity index is 1.47. The van der Waals surface area contributed by atoms with Gasteiger partial charge in [0, 0.05) is 73.7 Å². The molecule has 0 saturated heterocycles. The van der Waals surface area contributed by atoms with Crippen molar-refractivity contribution in [3.8, 4) is 17.0 Å². The second-order valence-corrected chi connectivity index (χ2v) is 11.5. The fourth-order valence-electron chi connectivity index (χ4n) is 5.02. The molecule has 1 amide bonds. The van der Waals surface area contributed by atoms with Crippen molar-refractivity contribution in [2.45, 2.75) is 18.9 Å². The second kappa shape index (κ2) is 13.3. The van der Waals surface area contributed by atoms with Crippen LogP contribution in [0.15, 0.2) is 67.0 Å². The van der Waals surface area contributed by atoms with Crippen LogP contribution < -0.4 is 20.3 Å². The molecule has 2 aromatic heterocycles. The molecular formula is C33H42N8O2. The summed E-state index contributed by atoms with van der Waals surface area (Å²) in [4.78, 5) is 28.6. The quantitative estimate of drug-likeness (QED) is 0.207. The van der Waals surface area contributed by atoms with E-state index in [9.17, 15) is 4.79 Å². The summed E-state index contributed by atoms with van der Waals surface area (Å²) >= 11 is 0. The summed E-state index contributed by atoms with van der Waals surface area (Å²) in [5.74, 6) is 0.855. The van der Waals surface area contributed by atoms with Crippen molar-refractivity contribution < 1.29 is 9.53 Å². The molecule has 2 N–H and O–H groups in total. The standard InChI is InChI=1S/C33H42N8O2/c1-38(2)17-9-12-32(42)35-27-20-28(31(43-6)21-30(27)40(5)19-18-39(3)4)37-33-34-16-15-26(36-33)25-22-41(23-13-14-23)29-11-8-7-10-24(25)29/h7-12,15-16,20-23H,13-14,17-19H2,1-6H3,(H,35,42)(H,34,36,37)/b12-9+. The highest BCUT2D eigenvalue weighted by Crippen LogP contribution is 2.41. The van der Waals surface area contributed by atoms with Crippen LogP contribution in [0.2, 0.25) is 0 Å². The molecule has 1 fully saturated rings. The van der Waals surface area contributed by atoms with Crippen molar-refractivity contribution in [1.29, 1.82) is 0 Å². The lowest BCUT2D eigenvalue weighted by Gasteiger charge is -2.26. The summed E-state index contributed by atoms with van der Waals surface area (Å²) in [5, 5.41) is 7.60. The van der Waals surface area contributed by atoms with E-state index in [1.165, 1.54) is 23.7 Å². The zero-order valence-corrected chi connectivity index (χ0v) is 26.0. The van der Waals surface area contributed by atoms with E-state index in [2.05, 4.69) is 60.4 Å². The first-order valence-electron chi connectivity index (χ1n) is 14.6. The van der Waals surface area contributed by atoms with Gasteiger partial charge in [-0.2, -0.15) is 0 Å². The third-order valence-corrected chi connectivity index (χ3v) is 7.47. The smallest absolute Gasteiger partial charge is 0.248 e. The molecule has 0 unspecified atom stereocenters. The van der Waals surface area contributed by atoms with Gasteiger partial charge in [0.2, 0.25) is 11.9 Å². The van der Waals surface area contributed by atoms with Gasteiger partial charge in [0.1, 0.15) is 5.75 Å². The van der Waals surface area contributed by atoms with Crippen molar-refractivity contribution in [3.05, 3.63) is 67.0 Å². The van der Waals surface area contributed by atoms with Gasteiger partial charge in [0.05, 0.1) is 29.9 Å². The predicted octanol–water partition coefficient (Wildman–Crippen LogP) is 5.24. The Morgan fingerprint density at radius 1 is 1.05 bits per heavy atom. The molecule has 1 saturated carbocycles. The summed E-state index contributed by atoms with van der Waals surface area (Å²) in [6.07, 6.45) is 9.80. The number of nitrogens with one attached hydrogen (secondary N) is 2. The highest BCUT2D eigenvalue weighted by molar-refractivity contribution is 6.02. The Morgan fingerprint density at radius 2 is 1.84 bits per heavy atom. The van der Waals surface area contributed by atoms with Crippen molar-refractivity contribution >= 4 is 39.8 Å². The molecule has 4 aromatic rings. The summed E-state index contributed by atoms with van der Waals surface area (Å²) in [5.41, 5.74) is 5.30. The highest BCUT2D eigenvalue weighted by Gasteiger charge is 2.26. The molecule has 0 atom stereocenters. The molecule has 10 nitrogen and oxygen atoms in total. The summed E-state index contributed by atoms with van der Waals surface area (Å²) in [6, 6.07) is 14.8. The molecule has 0 aliphatic heterocycles. The van der Waals surface area contributed by atoms with Crippen molar-refractivity contribution in [2.75, 3.05) is 77.5 Å². The summed E-state index contributed by atoms with van der Waals surface area (Å²) in [6.45, 7) is 2.29. The predicted molar refractivity (Wildman–Crippen MR) is 176 cm³/mol. The van der Waals surface area contributed by atoms with Crippen LogP contribution in [0.5, 0.6) is 5.75 Å². The number of nitrogens with zero attached hydrogens (tertiary/aromatic N) is 6. The van der Waals surface area contributed by atoms with E-state index >= 15 is 0 Å². The Hall–Kier alpha value is -4.41. The summed E-state index contributed by atoms with van der Waals surface area (Å²) < 4.78 is 8.18. The number of rotatable bonds is 13. The van der Waals surface area contributed by atoms with E-state index in [0.717, 1.165) is 30.0 Å². The minimum absolute atomic E-state index is 0.203. The fourth-order valence-corrected chi connectivity index (χ4v) is 5.02. The number of anilines is 4. The zero-order chi connectivity index (χ0) is 30.5. The van der Waals surface area contributed by atoms with Gasteiger partial charge in [0.15, 0.2) is 0 Å². The van der Waals surface area contributed by atoms with Gasteiger partial charge in [-0.05, 0) is 59.2 Å². The van der Waals surface area contributed by atoms with E-state index in [0.29, 0.717) is 35.7 Å². The van der Waals surface area contributed by atoms with E-state index in [4.69, 9.17) is 9.72 Å². The van der Waals surface area contributed by atoms with E-state index < -0.39 is 0 Å². The number of hydrogen-bond donors (Lipinski definition) is 2. The number of fused-ring (bicyclic) bond motifs is 1. The number of likely N-dealkylation sites (N-methyl/N-ethyl adjacent to an activating group) is 3. The average Bonchev–Trinajstić information content (AvgIpc) is 3.75. The largest absolute Gasteiger partial charge is 0.494 e. The topological polar surface area (TPSA) is 90.8 Å². The lowest BCUT2D eigenvalue weighted by atomic mass is 10.1. The Bertz CT molecular complexity index is 1610. The number of hydrogen-bond acceptors (Lipinski definition) is 8. The van der Waals surface area contributed by atoms with Crippen LogP contribution in [0.3, 0.4) is 0 Å². The van der Waals surface area contributed by atoms with Crippen LogP contribution >= 0.6 is 0 Å². The van der Waals surface area contributed by atoms with Gasteiger partial charge in [-0.1, -0.05) is 24.3 Å². The van der Waals surface area contributed by atoms with Gasteiger partial charge in [-0.3, -0.25) is 4.79 Å². The molecule has 5 rings (SSSR count). The van der Waals surface area contributed by atoms with E-state index in [-0.39, 0.29) is 5.91 Å². The fraction of sp³-hybridized carbons (Fsp3) is 0.364. The molecule has 0 spiro atoms. The van der Waals surface area contributed by atoms with Crippen LogP contribution in [-0.4, -0.2) is 92.2 Å². The number of carbonyl (C=O) groups excluding carboxylic acids is 1. The molecule has 2 aromatic carbocycles. The van der Waals surface area contributed by atoms with Crippen molar-refractivity contribution in [1.82, 2.24) is 24.3 Å². The summed E-state index contributed by atoms with van der Waals surface area (Å²) in [7, 11) is 11.6. The van der Waals surface area contributed by atoms with Gasteiger partial charge < -0.3 is 34.6 Å².